The second kappa shape index (κ2) is 5.88. The summed E-state index contributed by atoms with van der Waals surface area (Å²) < 4.78 is 0. The molecule has 0 aromatic carbocycles. The van der Waals surface area contributed by atoms with Crippen LogP contribution in [0.25, 0.3) is 0 Å². The van der Waals surface area contributed by atoms with Gasteiger partial charge in [0.05, 0.1) is 5.02 Å². The molecule has 0 spiro atoms. The van der Waals surface area contributed by atoms with Gasteiger partial charge in [0.15, 0.2) is 0 Å². The maximum Gasteiger partial charge on any atom is 0.0547 e. The van der Waals surface area contributed by atoms with Gasteiger partial charge < -0.3 is 5.32 Å². The first-order valence-electron chi connectivity index (χ1n) is 5.48. The molecule has 2 atom stereocenters. The second-order valence-electron chi connectivity index (χ2n) is 4.46. The summed E-state index contributed by atoms with van der Waals surface area (Å²) in [6, 6.07) is 2.54. The van der Waals surface area contributed by atoms with E-state index in [1.807, 2.05) is 6.07 Å². The monoisotopic (exact) mass is 245 g/mol. The molecule has 2 unspecified atom stereocenters. The van der Waals surface area contributed by atoms with Crippen molar-refractivity contribution in [2.45, 2.75) is 39.7 Å². The van der Waals surface area contributed by atoms with Crippen LogP contribution in [0, 0.1) is 5.92 Å². The third-order valence-corrected chi connectivity index (χ3v) is 4.32. The second-order valence-corrected chi connectivity index (χ2v) is 5.82. The van der Waals surface area contributed by atoms with Crippen molar-refractivity contribution in [3.8, 4) is 0 Å². The molecule has 0 amide bonds. The molecule has 0 bridgehead atoms. The standard InChI is InChI=1S/C12H20ClNS/c1-8(2)14-7-9(3)10(4)12-11(13)5-6-15-12/h5-6,8-10,14H,7H2,1-4H3. The topological polar surface area (TPSA) is 12.0 Å². The van der Waals surface area contributed by atoms with E-state index in [2.05, 4.69) is 38.4 Å². The molecule has 0 saturated heterocycles. The first-order chi connectivity index (χ1) is 7.02. The van der Waals surface area contributed by atoms with Gasteiger partial charge in [0, 0.05) is 10.9 Å². The van der Waals surface area contributed by atoms with Crippen molar-refractivity contribution in [2.75, 3.05) is 6.54 Å². The molecular weight excluding hydrogens is 226 g/mol. The molecule has 0 fully saturated rings. The van der Waals surface area contributed by atoms with Crippen LogP contribution in [0.2, 0.25) is 5.02 Å². The summed E-state index contributed by atoms with van der Waals surface area (Å²) in [7, 11) is 0. The number of halogens is 1. The number of nitrogens with one attached hydrogen (secondary N) is 1. The minimum Gasteiger partial charge on any atom is -0.314 e. The maximum absolute atomic E-state index is 6.13. The fraction of sp³-hybridized carbons (Fsp3) is 0.667. The summed E-state index contributed by atoms with van der Waals surface area (Å²) in [6.07, 6.45) is 0. The van der Waals surface area contributed by atoms with Gasteiger partial charge in [-0.15, -0.1) is 11.3 Å². The normalized spacial score (nSPS) is 15.6. The quantitative estimate of drug-likeness (QED) is 0.822. The van der Waals surface area contributed by atoms with Crippen LogP contribution in [0.3, 0.4) is 0 Å². The minimum atomic E-state index is 0.531. The fourth-order valence-electron chi connectivity index (χ4n) is 1.49. The van der Waals surface area contributed by atoms with Crippen LogP contribution in [0.15, 0.2) is 11.4 Å². The van der Waals surface area contributed by atoms with Crippen molar-refractivity contribution in [3.05, 3.63) is 21.3 Å². The molecule has 15 heavy (non-hydrogen) atoms. The molecule has 1 heterocycles. The van der Waals surface area contributed by atoms with E-state index in [0.29, 0.717) is 17.9 Å². The van der Waals surface area contributed by atoms with Crippen LogP contribution in [0.4, 0.5) is 0 Å². The average Bonchev–Trinajstić information content (AvgIpc) is 2.59. The minimum absolute atomic E-state index is 0.531. The van der Waals surface area contributed by atoms with Crippen molar-refractivity contribution in [1.29, 1.82) is 0 Å². The van der Waals surface area contributed by atoms with Crippen LogP contribution in [0.5, 0.6) is 0 Å². The van der Waals surface area contributed by atoms with Crippen molar-refractivity contribution in [2.24, 2.45) is 5.92 Å². The Morgan fingerprint density at radius 1 is 1.33 bits per heavy atom. The summed E-state index contributed by atoms with van der Waals surface area (Å²) in [4.78, 5) is 1.31. The molecule has 0 aliphatic heterocycles. The lowest BCUT2D eigenvalue weighted by Crippen LogP contribution is -2.29. The Morgan fingerprint density at radius 3 is 2.47 bits per heavy atom. The zero-order valence-corrected chi connectivity index (χ0v) is 11.5. The number of hydrogen-bond donors (Lipinski definition) is 1. The van der Waals surface area contributed by atoms with Crippen molar-refractivity contribution < 1.29 is 0 Å². The largest absolute Gasteiger partial charge is 0.314 e. The average molecular weight is 246 g/mol. The Labute approximate surface area is 102 Å². The van der Waals surface area contributed by atoms with Crippen molar-refractivity contribution in [1.82, 2.24) is 5.32 Å². The third-order valence-electron chi connectivity index (χ3n) is 2.76. The SMILES string of the molecule is CC(C)NCC(C)C(C)c1sccc1Cl. The van der Waals surface area contributed by atoms with Gasteiger partial charge in [0.25, 0.3) is 0 Å². The molecular formula is C12H20ClNS. The third kappa shape index (κ3) is 3.78. The Hall–Kier alpha value is -0.0500. The first-order valence-corrected chi connectivity index (χ1v) is 6.74. The van der Waals surface area contributed by atoms with E-state index in [1.165, 1.54) is 4.88 Å². The fourth-order valence-corrected chi connectivity index (χ4v) is 2.91. The molecule has 1 N–H and O–H groups in total. The lowest BCUT2D eigenvalue weighted by Gasteiger charge is -2.21. The summed E-state index contributed by atoms with van der Waals surface area (Å²) in [5.41, 5.74) is 0. The summed E-state index contributed by atoms with van der Waals surface area (Å²) in [6.45, 7) is 9.93. The molecule has 0 aliphatic carbocycles. The van der Waals surface area contributed by atoms with Crippen LogP contribution in [0.1, 0.15) is 38.5 Å². The molecule has 1 nitrogen and oxygen atoms in total. The summed E-state index contributed by atoms with van der Waals surface area (Å²) in [5.74, 6) is 1.15. The van der Waals surface area contributed by atoms with Gasteiger partial charge in [0.1, 0.15) is 0 Å². The van der Waals surface area contributed by atoms with Gasteiger partial charge in [-0.1, -0.05) is 39.3 Å². The lowest BCUT2D eigenvalue weighted by atomic mass is 9.94. The molecule has 0 saturated carbocycles. The first kappa shape index (κ1) is 13.0. The Morgan fingerprint density at radius 2 is 2.00 bits per heavy atom. The van der Waals surface area contributed by atoms with E-state index in [9.17, 15) is 0 Å². The number of hydrogen-bond acceptors (Lipinski definition) is 2. The van der Waals surface area contributed by atoms with E-state index in [-0.39, 0.29) is 0 Å². The van der Waals surface area contributed by atoms with Gasteiger partial charge >= 0.3 is 0 Å². The molecule has 1 aromatic heterocycles. The van der Waals surface area contributed by atoms with E-state index in [0.717, 1.165) is 11.6 Å². The van der Waals surface area contributed by atoms with E-state index in [1.54, 1.807) is 11.3 Å². The maximum atomic E-state index is 6.13. The Kier molecular flexibility index (Phi) is 5.10. The van der Waals surface area contributed by atoms with Crippen LogP contribution >= 0.6 is 22.9 Å². The molecule has 1 rings (SSSR count). The smallest absolute Gasteiger partial charge is 0.0547 e. The van der Waals surface area contributed by atoms with Gasteiger partial charge in [-0.05, 0) is 29.8 Å². The van der Waals surface area contributed by atoms with E-state index >= 15 is 0 Å². The van der Waals surface area contributed by atoms with Crippen molar-refractivity contribution >= 4 is 22.9 Å². The Bertz CT molecular complexity index is 296. The Balaban J connectivity index is 2.53. The highest BCUT2D eigenvalue weighted by Crippen LogP contribution is 2.34. The van der Waals surface area contributed by atoms with E-state index < -0.39 is 0 Å². The lowest BCUT2D eigenvalue weighted by molar-refractivity contribution is 0.430. The summed E-state index contributed by atoms with van der Waals surface area (Å²) >= 11 is 7.89. The molecule has 1 aromatic rings. The highest BCUT2D eigenvalue weighted by atomic mass is 35.5. The summed E-state index contributed by atoms with van der Waals surface area (Å²) in [5, 5.41) is 6.46. The molecule has 86 valence electrons. The van der Waals surface area contributed by atoms with Gasteiger partial charge in [0.2, 0.25) is 0 Å². The highest BCUT2D eigenvalue weighted by molar-refractivity contribution is 7.10. The van der Waals surface area contributed by atoms with Crippen LogP contribution in [-0.4, -0.2) is 12.6 Å². The van der Waals surface area contributed by atoms with Crippen LogP contribution < -0.4 is 5.32 Å². The number of rotatable bonds is 5. The van der Waals surface area contributed by atoms with Gasteiger partial charge in [-0.25, -0.2) is 0 Å². The van der Waals surface area contributed by atoms with E-state index in [4.69, 9.17) is 11.6 Å². The predicted octanol–water partition coefficient (Wildman–Crippen LogP) is 4.14. The molecule has 0 aliphatic rings. The number of thiophene rings is 1. The molecule has 3 heteroatoms. The highest BCUT2D eigenvalue weighted by Gasteiger charge is 2.18. The predicted molar refractivity (Wildman–Crippen MR) is 70.0 cm³/mol. The van der Waals surface area contributed by atoms with Gasteiger partial charge in [-0.2, -0.15) is 0 Å². The van der Waals surface area contributed by atoms with Crippen molar-refractivity contribution in [3.63, 3.8) is 0 Å². The van der Waals surface area contributed by atoms with Gasteiger partial charge in [-0.3, -0.25) is 0 Å². The molecule has 0 radical (unpaired) electrons. The van der Waals surface area contributed by atoms with Crippen LogP contribution in [-0.2, 0) is 0 Å². The zero-order valence-electron chi connectivity index (χ0n) is 9.88. The zero-order chi connectivity index (χ0) is 11.4.